The predicted molar refractivity (Wildman–Crippen MR) is 122 cm³/mol. The number of aromatic hydroxyl groups is 1. The maximum absolute atomic E-state index is 13.1. The summed E-state index contributed by atoms with van der Waals surface area (Å²) in [7, 11) is 0. The zero-order valence-corrected chi connectivity index (χ0v) is 18.3. The van der Waals surface area contributed by atoms with E-state index in [0.29, 0.717) is 5.56 Å². The lowest BCUT2D eigenvalue weighted by Crippen LogP contribution is -2.57. The van der Waals surface area contributed by atoms with Gasteiger partial charge in [0.05, 0.1) is 6.61 Å². The van der Waals surface area contributed by atoms with Gasteiger partial charge in [0.2, 0.25) is 17.7 Å². The standard InChI is InChI=1S/C23H28N4O7/c24-17(13-28)21(32)26-19(11-15-6-8-16(29)9-7-15)23(34)27-18(22(33)25-12-20(30)31)10-14-4-2-1-3-5-14/h1-9,17-19,28-29H,10-13,24H2,(H,25,33)(H,26,32)(H,27,34)(H,30,31). The fourth-order valence-electron chi connectivity index (χ4n) is 3.06. The number of hydrogen-bond acceptors (Lipinski definition) is 7. The van der Waals surface area contributed by atoms with E-state index in [9.17, 15) is 24.3 Å². The molecule has 0 radical (unpaired) electrons. The van der Waals surface area contributed by atoms with Gasteiger partial charge in [-0.2, -0.15) is 0 Å². The van der Waals surface area contributed by atoms with Crippen molar-refractivity contribution in [2.75, 3.05) is 13.2 Å². The number of carboxylic acids is 1. The first kappa shape index (κ1) is 26.3. The summed E-state index contributed by atoms with van der Waals surface area (Å²) in [5.41, 5.74) is 6.88. The van der Waals surface area contributed by atoms with Crippen LogP contribution < -0.4 is 21.7 Å². The van der Waals surface area contributed by atoms with Crippen molar-refractivity contribution >= 4 is 23.7 Å². The fourth-order valence-corrected chi connectivity index (χ4v) is 3.06. The van der Waals surface area contributed by atoms with E-state index in [1.165, 1.54) is 12.1 Å². The molecule has 0 saturated carbocycles. The molecule has 0 aromatic heterocycles. The smallest absolute Gasteiger partial charge is 0.322 e. The van der Waals surface area contributed by atoms with Crippen molar-refractivity contribution in [1.82, 2.24) is 16.0 Å². The van der Waals surface area contributed by atoms with E-state index in [-0.39, 0.29) is 18.6 Å². The van der Waals surface area contributed by atoms with Crippen LogP contribution in [0.15, 0.2) is 54.6 Å². The number of benzene rings is 2. The molecule has 2 aromatic carbocycles. The van der Waals surface area contributed by atoms with Crippen LogP contribution >= 0.6 is 0 Å². The number of aliphatic hydroxyl groups is 1. The number of nitrogens with two attached hydrogens (primary N) is 1. The molecule has 2 aromatic rings. The molecule has 0 bridgehead atoms. The second-order valence-corrected chi connectivity index (χ2v) is 7.58. The number of carboxylic acid groups (broad SMARTS) is 1. The maximum atomic E-state index is 13.1. The van der Waals surface area contributed by atoms with E-state index in [1.54, 1.807) is 42.5 Å². The molecule has 34 heavy (non-hydrogen) atoms. The Morgan fingerprint density at radius 1 is 0.794 bits per heavy atom. The van der Waals surface area contributed by atoms with E-state index in [0.717, 1.165) is 5.56 Å². The normalized spacial score (nSPS) is 13.2. The third kappa shape index (κ3) is 8.52. The third-order valence-electron chi connectivity index (χ3n) is 4.87. The van der Waals surface area contributed by atoms with Crippen LogP contribution in [0.2, 0.25) is 0 Å². The van der Waals surface area contributed by atoms with Crippen molar-refractivity contribution in [2.24, 2.45) is 5.73 Å². The van der Waals surface area contributed by atoms with E-state index in [2.05, 4.69) is 16.0 Å². The van der Waals surface area contributed by atoms with Crippen molar-refractivity contribution in [1.29, 1.82) is 0 Å². The van der Waals surface area contributed by atoms with Crippen LogP contribution in [0.1, 0.15) is 11.1 Å². The Balaban J connectivity index is 2.23. The fraction of sp³-hybridized carbons (Fsp3) is 0.304. The summed E-state index contributed by atoms with van der Waals surface area (Å²) in [6.45, 7) is -1.26. The highest BCUT2D eigenvalue weighted by Crippen LogP contribution is 2.12. The summed E-state index contributed by atoms with van der Waals surface area (Å²) in [4.78, 5) is 48.9. The van der Waals surface area contributed by atoms with Gasteiger partial charge in [0.25, 0.3) is 0 Å². The van der Waals surface area contributed by atoms with E-state index < -0.39 is 55.0 Å². The number of nitrogens with one attached hydrogen (secondary N) is 3. The topological polar surface area (TPSA) is 191 Å². The van der Waals surface area contributed by atoms with Gasteiger partial charge in [0, 0.05) is 12.8 Å². The third-order valence-corrected chi connectivity index (χ3v) is 4.87. The predicted octanol–water partition coefficient (Wildman–Crippen LogP) is -1.33. The number of amides is 3. The minimum Gasteiger partial charge on any atom is -0.508 e. The van der Waals surface area contributed by atoms with Crippen LogP contribution in [0.25, 0.3) is 0 Å². The van der Waals surface area contributed by atoms with E-state index >= 15 is 0 Å². The summed E-state index contributed by atoms with van der Waals surface area (Å²) >= 11 is 0. The maximum Gasteiger partial charge on any atom is 0.322 e. The highest BCUT2D eigenvalue weighted by molar-refractivity contribution is 5.94. The van der Waals surface area contributed by atoms with Crippen molar-refractivity contribution in [3.63, 3.8) is 0 Å². The minimum atomic E-state index is -1.26. The SMILES string of the molecule is NC(CO)C(=O)NC(Cc1ccc(O)cc1)C(=O)NC(Cc1ccccc1)C(=O)NCC(=O)O. The highest BCUT2D eigenvalue weighted by atomic mass is 16.4. The van der Waals surface area contributed by atoms with Crippen LogP contribution in [0.4, 0.5) is 0 Å². The van der Waals surface area contributed by atoms with Crippen LogP contribution in [-0.2, 0) is 32.0 Å². The molecule has 8 N–H and O–H groups in total. The molecule has 11 heteroatoms. The van der Waals surface area contributed by atoms with Gasteiger partial charge in [0.1, 0.15) is 30.4 Å². The number of phenolic OH excluding ortho intramolecular Hbond substituents is 1. The van der Waals surface area contributed by atoms with Crippen molar-refractivity contribution < 1.29 is 34.5 Å². The van der Waals surface area contributed by atoms with Crippen molar-refractivity contribution in [2.45, 2.75) is 31.0 Å². The summed E-state index contributed by atoms with van der Waals surface area (Å²) in [5.74, 6) is -3.40. The molecule has 2 rings (SSSR count). The van der Waals surface area contributed by atoms with Gasteiger partial charge in [-0.15, -0.1) is 0 Å². The lowest BCUT2D eigenvalue weighted by Gasteiger charge is -2.24. The molecule has 0 aliphatic rings. The Hall–Kier alpha value is -3.96. The van der Waals surface area contributed by atoms with Crippen molar-refractivity contribution in [3.05, 3.63) is 65.7 Å². The number of carbonyl (C=O) groups excluding carboxylic acids is 3. The molecular formula is C23H28N4O7. The largest absolute Gasteiger partial charge is 0.508 e. The Kier molecular flexibility index (Phi) is 9.99. The molecule has 0 aliphatic carbocycles. The zero-order valence-electron chi connectivity index (χ0n) is 18.3. The second-order valence-electron chi connectivity index (χ2n) is 7.58. The van der Waals surface area contributed by atoms with Gasteiger partial charge in [-0.1, -0.05) is 42.5 Å². The first-order chi connectivity index (χ1) is 16.2. The quantitative estimate of drug-likeness (QED) is 0.197. The Morgan fingerprint density at radius 3 is 1.88 bits per heavy atom. The molecule has 3 unspecified atom stereocenters. The van der Waals surface area contributed by atoms with Crippen LogP contribution in [-0.4, -0.2) is 70.3 Å². The molecule has 182 valence electrons. The van der Waals surface area contributed by atoms with Gasteiger partial charge in [-0.3, -0.25) is 19.2 Å². The number of carbonyl (C=O) groups is 4. The molecule has 0 aliphatic heterocycles. The molecule has 0 spiro atoms. The number of phenols is 1. The van der Waals surface area contributed by atoms with E-state index in [1.807, 2.05) is 0 Å². The van der Waals surface area contributed by atoms with Crippen LogP contribution in [0.5, 0.6) is 5.75 Å². The summed E-state index contributed by atoms with van der Waals surface area (Å²) < 4.78 is 0. The summed E-state index contributed by atoms with van der Waals surface area (Å²) in [6.07, 6.45) is 0.0822. The summed E-state index contributed by atoms with van der Waals surface area (Å²) in [6, 6.07) is 11.2. The molecule has 3 atom stereocenters. The average Bonchev–Trinajstić information content (AvgIpc) is 2.82. The molecular weight excluding hydrogens is 444 g/mol. The monoisotopic (exact) mass is 472 g/mol. The Morgan fingerprint density at radius 2 is 1.32 bits per heavy atom. The number of rotatable bonds is 12. The Labute approximate surface area is 196 Å². The summed E-state index contributed by atoms with van der Waals surface area (Å²) in [5, 5.41) is 34.8. The van der Waals surface area contributed by atoms with Crippen LogP contribution in [0.3, 0.4) is 0 Å². The van der Waals surface area contributed by atoms with Gasteiger partial charge in [-0.05, 0) is 23.3 Å². The molecule has 0 heterocycles. The van der Waals surface area contributed by atoms with Crippen molar-refractivity contribution in [3.8, 4) is 5.75 Å². The lowest BCUT2D eigenvalue weighted by atomic mass is 10.0. The second kappa shape index (κ2) is 12.9. The average molecular weight is 472 g/mol. The molecule has 0 saturated heterocycles. The number of aliphatic carboxylic acids is 1. The Bertz CT molecular complexity index is 983. The molecule has 0 fully saturated rings. The lowest BCUT2D eigenvalue weighted by molar-refractivity contribution is -0.138. The van der Waals surface area contributed by atoms with Gasteiger partial charge in [-0.25, -0.2) is 0 Å². The minimum absolute atomic E-state index is 0.00477. The molecule has 11 nitrogen and oxygen atoms in total. The van der Waals surface area contributed by atoms with Gasteiger partial charge < -0.3 is 37.0 Å². The van der Waals surface area contributed by atoms with Gasteiger partial charge in [0.15, 0.2) is 0 Å². The first-order valence-electron chi connectivity index (χ1n) is 10.5. The molecule has 3 amide bonds. The number of aliphatic hydroxyl groups excluding tert-OH is 1. The van der Waals surface area contributed by atoms with E-state index in [4.69, 9.17) is 15.9 Å². The zero-order chi connectivity index (χ0) is 25.1. The highest BCUT2D eigenvalue weighted by Gasteiger charge is 2.28. The first-order valence-corrected chi connectivity index (χ1v) is 10.5. The van der Waals surface area contributed by atoms with Gasteiger partial charge >= 0.3 is 5.97 Å². The number of hydrogen-bond donors (Lipinski definition) is 7. The van der Waals surface area contributed by atoms with Crippen LogP contribution in [0, 0.1) is 0 Å².